The Balaban J connectivity index is 1.59. The first-order valence-electron chi connectivity index (χ1n) is 10.2. The normalized spacial score (nSPS) is 54.4. The van der Waals surface area contributed by atoms with E-state index in [9.17, 15) is 0 Å². The van der Waals surface area contributed by atoms with Crippen LogP contribution in [0.4, 0.5) is 0 Å². The fourth-order valence-corrected chi connectivity index (χ4v) is 8.76. The van der Waals surface area contributed by atoms with Crippen LogP contribution in [-0.2, 0) is 0 Å². The van der Waals surface area contributed by atoms with E-state index in [2.05, 4.69) is 36.4 Å². The van der Waals surface area contributed by atoms with Gasteiger partial charge in [0.25, 0.3) is 0 Å². The number of halogens is 1. The van der Waals surface area contributed by atoms with Crippen molar-refractivity contribution in [1.82, 2.24) is 0 Å². The van der Waals surface area contributed by atoms with Gasteiger partial charge in [-0.15, -0.1) is 0 Å². The monoisotopic (exact) mass is 414 g/mol. The molecule has 0 aliphatic heterocycles. The maximum absolute atomic E-state index is 2.72. The van der Waals surface area contributed by atoms with E-state index in [1.165, 1.54) is 23.7 Å². The Morgan fingerprint density at radius 3 is 2.45 bits per heavy atom. The third kappa shape index (κ3) is 2.26. The van der Waals surface area contributed by atoms with E-state index < -0.39 is 0 Å². The molecule has 7 atom stereocenters. The molecule has 126 valence electrons. The summed E-state index contributed by atoms with van der Waals surface area (Å²) in [5, 5.41) is 0. The number of hydrogen-bond donors (Lipinski definition) is 0. The molecule has 4 aliphatic rings. The molecule has 0 radical (unpaired) electrons. The molecule has 0 heterocycles. The van der Waals surface area contributed by atoms with E-state index in [0.717, 1.165) is 35.0 Å². The van der Waals surface area contributed by atoms with Gasteiger partial charge >= 0.3 is 0 Å². The summed E-state index contributed by atoms with van der Waals surface area (Å²) < 4.78 is 1.37. The first-order chi connectivity index (χ1) is 10.6. The maximum Gasteiger partial charge on any atom is -0.000189 e. The average molecular weight is 414 g/mol. The first kappa shape index (κ1) is 16.2. The van der Waals surface area contributed by atoms with Gasteiger partial charge in [-0.05, 0) is 103 Å². The Morgan fingerprint density at radius 1 is 0.818 bits per heavy atom. The van der Waals surface area contributed by atoms with Crippen molar-refractivity contribution in [2.45, 2.75) is 84.5 Å². The molecule has 0 amide bonds. The van der Waals surface area contributed by atoms with Crippen molar-refractivity contribution in [3.05, 3.63) is 0 Å². The zero-order valence-electron chi connectivity index (χ0n) is 14.7. The Morgan fingerprint density at radius 2 is 1.64 bits per heavy atom. The molecule has 22 heavy (non-hydrogen) atoms. The van der Waals surface area contributed by atoms with Crippen LogP contribution in [-0.4, -0.2) is 4.43 Å². The lowest BCUT2D eigenvalue weighted by atomic mass is 9.45. The second-order valence-corrected chi connectivity index (χ2v) is 10.8. The third-order valence-electron chi connectivity index (χ3n) is 9.24. The van der Waals surface area contributed by atoms with Crippen LogP contribution in [0, 0.1) is 40.4 Å². The predicted molar refractivity (Wildman–Crippen MR) is 103 cm³/mol. The van der Waals surface area contributed by atoms with Crippen molar-refractivity contribution < 1.29 is 0 Å². The maximum atomic E-state index is 2.72. The van der Waals surface area contributed by atoms with Crippen molar-refractivity contribution in [2.24, 2.45) is 40.4 Å². The summed E-state index contributed by atoms with van der Waals surface area (Å²) in [4.78, 5) is 0. The van der Waals surface area contributed by atoms with Gasteiger partial charge in [0.05, 0.1) is 0 Å². The zero-order chi connectivity index (χ0) is 15.4. The molecule has 1 heteroatoms. The fraction of sp³-hybridized carbons (Fsp3) is 1.00. The minimum atomic E-state index is 0.713. The van der Waals surface area contributed by atoms with Gasteiger partial charge in [-0.3, -0.25) is 0 Å². The molecule has 0 aromatic carbocycles. The second kappa shape index (κ2) is 5.92. The largest absolute Gasteiger partial charge is 0.0864 e. The molecule has 4 aliphatic carbocycles. The van der Waals surface area contributed by atoms with Crippen LogP contribution >= 0.6 is 22.6 Å². The van der Waals surface area contributed by atoms with Gasteiger partial charge in [-0.25, -0.2) is 0 Å². The summed E-state index contributed by atoms with van der Waals surface area (Å²) in [5.41, 5.74) is 1.44. The predicted octanol–water partition coefficient (Wildman–Crippen LogP) is 6.86. The van der Waals surface area contributed by atoms with E-state index in [0.29, 0.717) is 5.41 Å². The summed E-state index contributed by atoms with van der Waals surface area (Å²) in [6.45, 7) is 5.42. The highest BCUT2D eigenvalue weighted by Gasteiger charge is 2.59. The van der Waals surface area contributed by atoms with Crippen molar-refractivity contribution in [2.75, 3.05) is 4.43 Å². The quantitative estimate of drug-likeness (QED) is 0.342. The topological polar surface area (TPSA) is 0 Å². The lowest BCUT2D eigenvalue weighted by molar-refractivity contribution is -0.110. The van der Waals surface area contributed by atoms with Gasteiger partial charge in [-0.2, -0.15) is 0 Å². The molecule has 4 saturated carbocycles. The van der Waals surface area contributed by atoms with Gasteiger partial charge in [0.1, 0.15) is 0 Å². The lowest BCUT2D eigenvalue weighted by Gasteiger charge is -2.60. The molecule has 1 unspecified atom stereocenters. The highest BCUT2D eigenvalue weighted by molar-refractivity contribution is 14.1. The molecule has 0 N–H and O–H groups in total. The Kier molecular flexibility index (Phi) is 4.36. The molecule has 0 spiro atoms. The van der Waals surface area contributed by atoms with E-state index in [1.54, 1.807) is 51.4 Å². The van der Waals surface area contributed by atoms with Gasteiger partial charge < -0.3 is 0 Å². The number of rotatable bonds is 2. The summed E-state index contributed by atoms with van der Waals surface area (Å²) in [5.74, 6) is 5.39. The number of fused-ring (bicyclic) bond motifs is 5. The molecule has 0 aromatic heterocycles. The van der Waals surface area contributed by atoms with Crippen LogP contribution in [0.25, 0.3) is 0 Å². The first-order valence-corrected chi connectivity index (χ1v) is 11.7. The van der Waals surface area contributed by atoms with Crippen LogP contribution in [0.15, 0.2) is 0 Å². The standard InChI is InChI=1S/C21H35I/c1-20-12-4-3-5-15(20)6-8-17-18-9-7-16(11-14-22)21(18,2)13-10-19(17)20/h15-19H,3-14H2,1-2H3/t15?,16-,17+,18+,19+,20+,21-/m1/s1. The van der Waals surface area contributed by atoms with Crippen LogP contribution in [0.1, 0.15) is 84.5 Å². The van der Waals surface area contributed by atoms with E-state index in [1.807, 2.05) is 0 Å². The SMILES string of the molecule is C[C@]12CC[C@H]3[C@@H](CCC4CCCC[C@@]43C)[C@@H]1CC[C@@H]2CCI. The van der Waals surface area contributed by atoms with Gasteiger partial charge in [0, 0.05) is 0 Å². The van der Waals surface area contributed by atoms with Crippen molar-refractivity contribution in [3.8, 4) is 0 Å². The van der Waals surface area contributed by atoms with Crippen LogP contribution in [0.2, 0.25) is 0 Å². The second-order valence-electron chi connectivity index (χ2n) is 9.70. The smallest absolute Gasteiger partial charge is 0.000189 e. The molecule has 4 rings (SSSR count). The highest BCUT2D eigenvalue weighted by Crippen LogP contribution is 2.67. The molecule has 0 saturated heterocycles. The summed E-state index contributed by atoms with van der Waals surface area (Å²) in [7, 11) is 0. The Labute approximate surface area is 151 Å². The van der Waals surface area contributed by atoms with E-state index >= 15 is 0 Å². The lowest BCUT2D eigenvalue weighted by Crippen LogP contribution is -2.52. The average Bonchev–Trinajstić information content (AvgIpc) is 2.84. The number of hydrogen-bond acceptors (Lipinski definition) is 0. The molecule has 4 fully saturated rings. The molecule has 0 bridgehead atoms. The molecular weight excluding hydrogens is 379 g/mol. The molecule has 0 nitrogen and oxygen atoms in total. The van der Waals surface area contributed by atoms with Gasteiger partial charge in [0.15, 0.2) is 0 Å². The van der Waals surface area contributed by atoms with Crippen molar-refractivity contribution in [1.29, 1.82) is 0 Å². The minimum Gasteiger partial charge on any atom is -0.0864 e. The Bertz CT molecular complexity index is 418. The van der Waals surface area contributed by atoms with Gasteiger partial charge in [0.2, 0.25) is 0 Å². The minimum absolute atomic E-state index is 0.713. The molecule has 0 aromatic rings. The Hall–Kier alpha value is 0.730. The summed E-state index contributed by atoms with van der Waals surface area (Å²) in [6.07, 6.45) is 17.1. The summed E-state index contributed by atoms with van der Waals surface area (Å²) in [6, 6.07) is 0. The van der Waals surface area contributed by atoms with Crippen molar-refractivity contribution >= 4 is 22.6 Å². The third-order valence-corrected chi connectivity index (χ3v) is 9.86. The molecular formula is C21H35I. The van der Waals surface area contributed by atoms with Crippen LogP contribution in [0.3, 0.4) is 0 Å². The van der Waals surface area contributed by atoms with Crippen LogP contribution in [0.5, 0.6) is 0 Å². The van der Waals surface area contributed by atoms with Crippen LogP contribution < -0.4 is 0 Å². The van der Waals surface area contributed by atoms with E-state index in [4.69, 9.17) is 0 Å². The van der Waals surface area contributed by atoms with Crippen molar-refractivity contribution in [3.63, 3.8) is 0 Å². The summed E-state index contributed by atoms with van der Waals surface area (Å²) >= 11 is 2.61. The number of alkyl halides is 1. The van der Waals surface area contributed by atoms with E-state index in [-0.39, 0.29) is 0 Å². The fourth-order valence-electron chi connectivity index (χ4n) is 8.01. The highest BCUT2D eigenvalue weighted by atomic mass is 127. The zero-order valence-corrected chi connectivity index (χ0v) is 16.9. The van der Waals surface area contributed by atoms with Gasteiger partial charge in [-0.1, -0.05) is 49.3 Å².